The molecule has 1 aromatic heterocycles. The van der Waals surface area contributed by atoms with Crippen LogP contribution in [0.2, 0.25) is 0 Å². The molecule has 0 bridgehead atoms. The molecule has 32 heavy (non-hydrogen) atoms. The molecule has 7 nitrogen and oxygen atoms in total. The van der Waals surface area contributed by atoms with Gasteiger partial charge in [0.1, 0.15) is 0 Å². The fourth-order valence-corrected chi connectivity index (χ4v) is 6.57. The molecular weight excluding hydrogens is 428 g/mol. The number of esters is 1. The van der Waals surface area contributed by atoms with E-state index in [9.17, 15) is 18.0 Å². The molecule has 0 spiro atoms. The van der Waals surface area contributed by atoms with Crippen LogP contribution in [0.4, 0.5) is 0 Å². The molecular formula is C24H30N2O5S. The molecule has 1 aliphatic carbocycles. The van der Waals surface area contributed by atoms with Gasteiger partial charge in [-0.05, 0) is 50.2 Å². The number of aromatic nitrogens is 1. The number of aryl methyl sites for hydroxylation is 1. The highest BCUT2D eigenvalue weighted by atomic mass is 32.2. The van der Waals surface area contributed by atoms with Gasteiger partial charge in [-0.1, -0.05) is 31.5 Å². The van der Waals surface area contributed by atoms with Crippen molar-refractivity contribution in [2.75, 3.05) is 24.7 Å². The second kappa shape index (κ2) is 9.57. The molecule has 4 rings (SSSR count). The highest BCUT2D eigenvalue weighted by Gasteiger charge is 2.34. The molecule has 0 unspecified atom stereocenters. The van der Waals surface area contributed by atoms with E-state index in [-0.39, 0.29) is 30.1 Å². The molecule has 1 amide bonds. The van der Waals surface area contributed by atoms with Crippen molar-refractivity contribution >= 4 is 32.6 Å². The van der Waals surface area contributed by atoms with Gasteiger partial charge in [-0.25, -0.2) is 13.2 Å². The summed E-state index contributed by atoms with van der Waals surface area (Å²) in [6, 6.07) is 7.20. The van der Waals surface area contributed by atoms with Crippen molar-refractivity contribution in [3.05, 3.63) is 41.1 Å². The summed E-state index contributed by atoms with van der Waals surface area (Å²) in [6.07, 6.45) is 5.88. The van der Waals surface area contributed by atoms with E-state index in [4.69, 9.17) is 9.72 Å². The Bertz CT molecular complexity index is 1130. The summed E-state index contributed by atoms with van der Waals surface area (Å²) in [7, 11) is -3.11. The SMILES string of the molecule is CCCN(C(=O)COC(=O)c1c2c(nc3ccccc13)CCCCC2)[C@@H]1CCS(=O)(=O)C1. The summed E-state index contributed by atoms with van der Waals surface area (Å²) in [4.78, 5) is 32.5. The number of rotatable bonds is 6. The van der Waals surface area contributed by atoms with E-state index in [1.54, 1.807) is 4.90 Å². The molecule has 1 atom stereocenters. The van der Waals surface area contributed by atoms with Crippen LogP contribution in [0, 0.1) is 0 Å². The zero-order valence-corrected chi connectivity index (χ0v) is 19.3. The lowest BCUT2D eigenvalue weighted by Gasteiger charge is -2.27. The first kappa shape index (κ1) is 22.7. The van der Waals surface area contributed by atoms with Gasteiger partial charge in [0.25, 0.3) is 5.91 Å². The minimum absolute atomic E-state index is 0.0187. The van der Waals surface area contributed by atoms with E-state index in [1.807, 2.05) is 31.2 Å². The average molecular weight is 459 g/mol. The Hall–Kier alpha value is -2.48. The number of sulfone groups is 1. The topological polar surface area (TPSA) is 93.6 Å². The molecule has 1 fully saturated rings. The Balaban J connectivity index is 1.56. The van der Waals surface area contributed by atoms with Gasteiger partial charge >= 0.3 is 5.97 Å². The largest absolute Gasteiger partial charge is 0.452 e. The lowest BCUT2D eigenvalue weighted by Crippen LogP contribution is -2.43. The third-order valence-electron chi connectivity index (χ3n) is 6.38. The third kappa shape index (κ3) is 4.80. The smallest absolute Gasteiger partial charge is 0.339 e. The minimum atomic E-state index is -3.11. The van der Waals surface area contributed by atoms with Crippen molar-refractivity contribution in [2.24, 2.45) is 0 Å². The molecule has 8 heteroatoms. The summed E-state index contributed by atoms with van der Waals surface area (Å²) < 4.78 is 29.3. The van der Waals surface area contributed by atoms with Crippen molar-refractivity contribution < 1.29 is 22.7 Å². The van der Waals surface area contributed by atoms with Crippen LogP contribution >= 0.6 is 0 Å². The van der Waals surface area contributed by atoms with E-state index in [0.29, 0.717) is 24.9 Å². The molecule has 1 saturated heterocycles. The molecule has 172 valence electrons. The fraction of sp³-hybridized carbons (Fsp3) is 0.542. The summed E-state index contributed by atoms with van der Waals surface area (Å²) in [5.41, 5.74) is 3.16. The number of amides is 1. The van der Waals surface area contributed by atoms with Crippen LogP contribution in [0.1, 0.15) is 60.6 Å². The van der Waals surface area contributed by atoms with Crippen LogP contribution in [-0.2, 0) is 32.2 Å². The Morgan fingerprint density at radius 1 is 1.16 bits per heavy atom. The first-order chi connectivity index (χ1) is 15.4. The number of fused-ring (bicyclic) bond motifs is 2. The number of para-hydroxylation sites is 1. The third-order valence-corrected chi connectivity index (χ3v) is 8.13. The van der Waals surface area contributed by atoms with Crippen LogP contribution in [0.3, 0.4) is 0 Å². The number of ether oxygens (including phenoxy) is 1. The molecule has 1 aliphatic heterocycles. The van der Waals surface area contributed by atoms with E-state index in [1.165, 1.54) is 0 Å². The maximum atomic E-state index is 13.2. The van der Waals surface area contributed by atoms with Gasteiger partial charge in [-0.2, -0.15) is 0 Å². The van der Waals surface area contributed by atoms with Gasteiger partial charge in [-0.15, -0.1) is 0 Å². The zero-order chi connectivity index (χ0) is 22.7. The average Bonchev–Trinajstić information content (AvgIpc) is 2.98. The normalized spacial score (nSPS) is 19.8. The molecule has 2 heterocycles. The fourth-order valence-electron chi connectivity index (χ4n) is 4.84. The number of benzene rings is 1. The van der Waals surface area contributed by atoms with Crippen molar-refractivity contribution in [3.63, 3.8) is 0 Å². The molecule has 2 aliphatic rings. The maximum absolute atomic E-state index is 13.2. The highest BCUT2D eigenvalue weighted by molar-refractivity contribution is 7.91. The number of hydrogen-bond acceptors (Lipinski definition) is 6. The number of hydrogen-bond donors (Lipinski definition) is 0. The lowest BCUT2D eigenvalue weighted by atomic mass is 9.97. The quantitative estimate of drug-likeness (QED) is 0.488. The van der Waals surface area contributed by atoms with E-state index >= 15 is 0 Å². The number of nitrogens with zero attached hydrogens (tertiary/aromatic N) is 2. The Morgan fingerprint density at radius 2 is 1.94 bits per heavy atom. The summed E-state index contributed by atoms with van der Waals surface area (Å²) in [5.74, 6) is -0.771. The zero-order valence-electron chi connectivity index (χ0n) is 18.5. The van der Waals surface area contributed by atoms with Crippen molar-refractivity contribution in [1.29, 1.82) is 0 Å². The first-order valence-corrected chi connectivity index (χ1v) is 13.3. The van der Waals surface area contributed by atoms with Crippen LogP contribution in [0.25, 0.3) is 10.9 Å². The Labute approximate surface area is 189 Å². The minimum Gasteiger partial charge on any atom is -0.452 e. The van der Waals surface area contributed by atoms with Crippen LogP contribution < -0.4 is 0 Å². The van der Waals surface area contributed by atoms with Crippen molar-refractivity contribution in [1.82, 2.24) is 9.88 Å². The van der Waals surface area contributed by atoms with Crippen LogP contribution in [0.5, 0.6) is 0 Å². The molecule has 0 N–H and O–H groups in total. The molecule has 2 aromatic rings. The Morgan fingerprint density at radius 3 is 2.69 bits per heavy atom. The highest BCUT2D eigenvalue weighted by Crippen LogP contribution is 2.29. The van der Waals surface area contributed by atoms with Gasteiger partial charge in [0.15, 0.2) is 16.4 Å². The second-order valence-corrected chi connectivity index (χ2v) is 10.9. The molecule has 0 radical (unpaired) electrons. The predicted molar refractivity (Wildman–Crippen MR) is 122 cm³/mol. The van der Waals surface area contributed by atoms with E-state index < -0.39 is 15.8 Å². The summed E-state index contributed by atoms with van der Waals surface area (Å²) in [5, 5.41) is 0.748. The standard InChI is InChI=1S/C24H30N2O5S/c1-2-13-26(17-12-14-32(29,30)16-17)22(27)15-31-24(28)23-18-8-4-3-5-10-20(18)25-21-11-7-6-9-19(21)23/h6-7,9,11,17H,2-5,8,10,12-16H2,1H3/t17-/m1/s1. The van der Waals surface area contributed by atoms with Gasteiger partial charge in [0.05, 0.1) is 22.6 Å². The summed E-state index contributed by atoms with van der Waals surface area (Å²) in [6.45, 7) is 2.00. The van der Waals surface area contributed by atoms with Gasteiger partial charge in [-0.3, -0.25) is 9.78 Å². The molecule has 1 aromatic carbocycles. The van der Waals surface area contributed by atoms with E-state index in [2.05, 4.69) is 0 Å². The van der Waals surface area contributed by atoms with Crippen molar-refractivity contribution in [2.45, 2.75) is 57.9 Å². The van der Waals surface area contributed by atoms with Gasteiger partial charge in [0, 0.05) is 23.7 Å². The number of pyridine rings is 1. The van der Waals surface area contributed by atoms with Gasteiger partial charge in [0.2, 0.25) is 0 Å². The second-order valence-electron chi connectivity index (χ2n) is 8.71. The monoisotopic (exact) mass is 458 g/mol. The van der Waals surface area contributed by atoms with E-state index in [0.717, 1.165) is 54.3 Å². The number of carbonyl (C=O) groups is 2. The van der Waals surface area contributed by atoms with Crippen molar-refractivity contribution in [3.8, 4) is 0 Å². The summed E-state index contributed by atoms with van der Waals surface area (Å²) >= 11 is 0. The van der Waals surface area contributed by atoms with Crippen LogP contribution in [-0.4, -0.2) is 60.9 Å². The number of carbonyl (C=O) groups excluding carboxylic acids is 2. The van der Waals surface area contributed by atoms with Crippen LogP contribution in [0.15, 0.2) is 24.3 Å². The maximum Gasteiger partial charge on any atom is 0.339 e. The Kier molecular flexibility index (Phi) is 6.79. The predicted octanol–water partition coefficient (Wildman–Crippen LogP) is 3.09. The van der Waals surface area contributed by atoms with Gasteiger partial charge < -0.3 is 9.64 Å². The molecule has 0 saturated carbocycles. The lowest BCUT2D eigenvalue weighted by molar-refractivity contribution is -0.136. The first-order valence-electron chi connectivity index (χ1n) is 11.5.